The molecule has 98 valence electrons. The van der Waals surface area contributed by atoms with Crippen LogP contribution in [0, 0.1) is 0 Å². The van der Waals surface area contributed by atoms with Crippen LogP contribution in [0.5, 0.6) is 0 Å². The van der Waals surface area contributed by atoms with Gasteiger partial charge in [0.15, 0.2) is 0 Å². The standard InChI is InChI=1S/C12H23N3O2/c1-2-15-6-7-17-10(9-15)8-14-12(16)11-4-3-5-13-11/h10-11,13H,2-9H2,1H3,(H,14,16)/t10?,11-/m1/s1. The Morgan fingerprint density at radius 2 is 2.47 bits per heavy atom. The summed E-state index contributed by atoms with van der Waals surface area (Å²) in [4.78, 5) is 14.2. The van der Waals surface area contributed by atoms with Crippen molar-refractivity contribution in [1.82, 2.24) is 15.5 Å². The van der Waals surface area contributed by atoms with E-state index in [1.54, 1.807) is 0 Å². The monoisotopic (exact) mass is 241 g/mol. The van der Waals surface area contributed by atoms with Crippen molar-refractivity contribution < 1.29 is 9.53 Å². The second kappa shape index (κ2) is 6.33. The summed E-state index contributed by atoms with van der Waals surface area (Å²) in [5, 5.41) is 6.19. The van der Waals surface area contributed by atoms with Crippen LogP contribution in [0.3, 0.4) is 0 Å². The Hall–Kier alpha value is -0.650. The van der Waals surface area contributed by atoms with E-state index in [0.29, 0.717) is 6.54 Å². The van der Waals surface area contributed by atoms with Crippen LogP contribution in [-0.4, -0.2) is 62.3 Å². The molecule has 2 rings (SSSR count). The number of hydrogen-bond acceptors (Lipinski definition) is 4. The van der Waals surface area contributed by atoms with Crippen molar-refractivity contribution in [3.05, 3.63) is 0 Å². The van der Waals surface area contributed by atoms with Gasteiger partial charge in [0.1, 0.15) is 0 Å². The first-order valence-corrected chi connectivity index (χ1v) is 6.64. The SMILES string of the molecule is CCN1CCOC(CNC(=O)[C@H]2CCCN2)C1. The van der Waals surface area contributed by atoms with Crippen molar-refractivity contribution in [3.8, 4) is 0 Å². The maximum atomic E-state index is 11.8. The molecule has 2 heterocycles. The molecule has 2 fully saturated rings. The van der Waals surface area contributed by atoms with Gasteiger partial charge in [-0.2, -0.15) is 0 Å². The molecule has 17 heavy (non-hydrogen) atoms. The number of ether oxygens (including phenoxy) is 1. The fourth-order valence-corrected chi connectivity index (χ4v) is 2.44. The number of carbonyl (C=O) groups is 1. The zero-order valence-corrected chi connectivity index (χ0v) is 10.6. The third kappa shape index (κ3) is 3.66. The molecule has 0 saturated carbocycles. The minimum absolute atomic E-state index is 0.0147. The lowest BCUT2D eigenvalue weighted by Gasteiger charge is -2.32. The van der Waals surface area contributed by atoms with E-state index in [4.69, 9.17) is 4.74 Å². The number of likely N-dealkylation sites (N-methyl/N-ethyl adjacent to an activating group) is 1. The van der Waals surface area contributed by atoms with Crippen LogP contribution in [0.2, 0.25) is 0 Å². The highest BCUT2D eigenvalue weighted by Gasteiger charge is 2.24. The van der Waals surface area contributed by atoms with E-state index in [2.05, 4.69) is 22.5 Å². The van der Waals surface area contributed by atoms with Crippen LogP contribution in [0.1, 0.15) is 19.8 Å². The van der Waals surface area contributed by atoms with Crippen LogP contribution in [0.4, 0.5) is 0 Å². The highest BCUT2D eigenvalue weighted by atomic mass is 16.5. The average molecular weight is 241 g/mol. The summed E-state index contributed by atoms with van der Waals surface area (Å²) in [6.07, 6.45) is 2.20. The van der Waals surface area contributed by atoms with Crippen molar-refractivity contribution in [2.75, 3.05) is 39.3 Å². The second-order valence-corrected chi connectivity index (χ2v) is 4.78. The second-order valence-electron chi connectivity index (χ2n) is 4.78. The molecular formula is C12H23N3O2. The van der Waals surface area contributed by atoms with Crippen LogP contribution in [-0.2, 0) is 9.53 Å². The molecule has 2 saturated heterocycles. The molecule has 2 aliphatic rings. The highest BCUT2D eigenvalue weighted by Crippen LogP contribution is 2.06. The number of hydrogen-bond donors (Lipinski definition) is 2. The number of rotatable bonds is 4. The fourth-order valence-electron chi connectivity index (χ4n) is 2.44. The molecule has 0 aromatic carbocycles. The van der Waals surface area contributed by atoms with E-state index in [0.717, 1.165) is 45.6 Å². The first-order valence-electron chi connectivity index (χ1n) is 6.64. The van der Waals surface area contributed by atoms with Gasteiger partial charge in [0.25, 0.3) is 0 Å². The van der Waals surface area contributed by atoms with Crippen molar-refractivity contribution >= 4 is 5.91 Å². The van der Waals surface area contributed by atoms with E-state index in [-0.39, 0.29) is 18.1 Å². The Balaban J connectivity index is 1.68. The first-order chi connectivity index (χ1) is 8.29. The van der Waals surface area contributed by atoms with Crippen molar-refractivity contribution in [3.63, 3.8) is 0 Å². The van der Waals surface area contributed by atoms with Gasteiger partial charge in [-0.3, -0.25) is 9.69 Å². The van der Waals surface area contributed by atoms with Gasteiger partial charge in [-0.15, -0.1) is 0 Å². The van der Waals surface area contributed by atoms with Crippen molar-refractivity contribution in [2.24, 2.45) is 0 Å². The summed E-state index contributed by atoms with van der Waals surface area (Å²) in [5.41, 5.74) is 0. The number of amides is 1. The number of carbonyl (C=O) groups excluding carboxylic acids is 1. The molecule has 0 spiro atoms. The van der Waals surface area contributed by atoms with Crippen LogP contribution in [0.15, 0.2) is 0 Å². The van der Waals surface area contributed by atoms with Gasteiger partial charge in [-0.05, 0) is 25.9 Å². The lowest BCUT2D eigenvalue weighted by Crippen LogP contribution is -2.49. The zero-order valence-electron chi connectivity index (χ0n) is 10.6. The van der Waals surface area contributed by atoms with Gasteiger partial charge in [-0.1, -0.05) is 6.92 Å². The average Bonchev–Trinajstić information content (AvgIpc) is 2.90. The lowest BCUT2D eigenvalue weighted by molar-refractivity contribution is -0.124. The topological polar surface area (TPSA) is 53.6 Å². The molecule has 0 aromatic rings. The fraction of sp³-hybridized carbons (Fsp3) is 0.917. The molecule has 0 bridgehead atoms. The Labute approximate surface area is 103 Å². The van der Waals surface area contributed by atoms with Gasteiger partial charge in [0.2, 0.25) is 5.91 Å². The molecule has 1 unspecified atom stereocenters. The van der Waals surface area contributed by atoms with Crippen LogP contribution < -0.4 is 10.6 Å². The summed E-state index contributed by atoms with van der Waals surface area (Å²) in [6, 6.07) is 0.0147. The maximum Gasteiger partial charge on any atom is 0.237 e. The van der Waals surface area contributed by atoms with Gasteiger partial charge in [-0.25, -0.2) is 0 Å². The summed E-state index contributed by atoms with van der Waals surface area (Å²) in [5.74, 6) is 0.125. The number of morpholine rings is 1. The predicted octanol–water partition coefficient (Wildman–Crippen LogP) is -0.425. The van der Waals surface area contributed by atoms with Crippen molar-refractivity contribution in [1.29, 1.82) is 0 Å². The van der Waals surface area contributed by atoms with Crippen LogP contribution in [0.25, 0.3) is 0 Å². The number of nitrogens with one attached hydrogen (secondary N) is 2. The molecule has 5 heteroatoms. The summed E-state index contributed by atoms with van der Waals surface area (Å²) in [6.45, 7) is 7.51. The van der Waals surface area contributed by atoms with E-state index in [9.17, 15) is 4.79 Å². The van der Waals surface area contributed by atoms with E-state index >= 15 is 0 Å². The molecule has 1 amide bonds. The van der Waals surface area contributed by atoms with E-state index in [1.807, 2.05) is 0 Å². The minimum atomic E-state index is 0.0147. The van der Waals surface area contributed by atoms with Gasteiger partial charge in [0, 0.05) is 19.6 Å². The third-order valence-electron chi connectivity index (χ3n) is 3.55. The summed E-state index contributed by atoms with van der Waals surface area (Å²) >= 11 is 0. The van der Waals surface area contributed by atoms with Gasteiger partial charge in [0.05, 0.1) is 18.8 Å². The highest BCUT2D eigenvalue weighted by molar-refractivity contribution is 5.82. The predicted molar refractivity (Wildman–Crippen MR) is 65.9 cm³/mol. The lowest BCUT2D eigenvalue weighted by atomic mass is 10.2. The smallest absolute Gasteiger partial charge is 0.237 e. The van der Waals surface area contributed by atoms with E-state index < -0.39 is 0 Å². The Morgan fingerprint density at radius 3 is 3.18 bits per heavy atom. The molecule has 2 N–H and O–H groups in total. The minimum Gasteiger partial charge on any atom is -0.374 e. The summed E-state index contributed by atoms with van der Waals surface area (Å²) in [7, 11) is 0. The Bertz CT molecular complexity index is 254. The molecule has 0 aliphatic carbocycles. The van der Waals surface area contributed by atoms with E-state index in [1.165, 1.54) is 0 Å². The molecular weight excluding hydrogens is 218 g/mol. The van der Waals surface area contributed by atoms with Gasteiger partial charge >= 0.3 is 0 Å². The molecule has 2 aliphatic heterocycles. The largest absolute Gasteiger partial charge is 0.374 e. The quantitative estimate of drug-likeness (QED) is 0.701. The van der Waals surface area contributed by atoms with Crippen LogP contribution >= 0.6 is 0 Å². The molecule has 0 radical (unpaired) electrons. The Kier molecular flexibility index (Phi) is 4.76. The molecule has 0 aromatic heterocycles. The normalized spacial score (nSPS) is 30.4. The first kappa shape index (κ1) is 12.8. The molecule has 2 atom stereocenters. The zero-order chi connectivity index (χ0) is 12.1. The Morgan fingerprint density at radius 1 is 1.59 bits per heavy atom. The molecule has 5 nitrogen and oxygen atoms in total. The third-order valence-corrected chi connectivity index (χ3v) is 3.55. The maximum absolute atomic E-state index is 11.8. The number of nitrogens with zero attached hydrogens (tertiary/aromatic N) is 1. The van der Waals surface area contributed by atoms with Gasteiger partial charge < -0.3 is 15.4 Å². The summed E-state index contributed by atoms with van der Waals surface area (Å²) < 4.78 is 5.65. The van der Waals surface area contributed by atoms with Crippen molar-refractivity contribution in [2.45, 2.75) is 31.9 Å².